The highest BCUT2D eigenvalue weighted by Crippen LogP contribution is 2.49. The van der Waals surface area contributed by atoms with E-state index in [1.807, 2.05) is 0 Å². The minimum atomic E-state index is 1.20. The topological polar surface area (TPSA) is 9.86 Å². The summed E-state index contributed by atoms with van der Waals surface area (Å²) in [7, 11) is 0. The molecule has 0 N–H and O–H groups in total. The van der Waals surface area contributed by atoms with Crippen molar-refractivity contribution in [2.75, 3.05) is 0 Å². The number of hydrogen-bond acceptors (Lipinski definition) is 0. The average Bonchev–Trinajstić information content (AvgIpc) is 3.90. The Morgan fingerprint density at radius 2 is 0.804 bits per heavy atom. The third-order valence-electron chi connectivity index (χ3n) is 12.4. The van der Waals surface area contributed by atoms with Crippen LogP contribution in [0, 0.1) is 0 Å². The SMILES string of the molecule is c1ccc2c(c1)-c1cccc3c(-n4c5ccccc5c5cc(-c6ccc7c(c6)c6ccc8ccccc8c6n7-c6cccc7ccccc67)ccc54)ccc-2c13. The van der Waals surface area contributed by atoms with Gasteiger partial charge in [0.25, 0.3) is 0 Å². The predicted molar refractivity (Wildman–Crippen MR) is 238 cm³/mol. The molecule has 2 nitrogen and oxygen atoms in total. The number of rotatable bonds is 3. The maximum Gasteiger partial charge on any atom is 0.0619 e. The largest absolute Gasteiger partial charge is 0.309 e. The van der Waals surface area contributed by atoms with Gasteiger partial charge in [-0.3, -0.25) is 0 Å². The zero-order chi connectivity index (χ0) is 36.5. The Hall–Kier alpha value is -7.42. The Labute approximate surface area is 322 Å². The Morgan fingerprint density at radius 1 is 0.268 bits per heavy atom. The Bertz CT molecular complexity index is 3620. The smallest absolute Gasteiger partial charge is 0.0619 e. The number of nitrogens with zero attached hydrogens (tertiary/aromatic N) is 2. The van der Waals surface area contributed by atoms with Gasteiger partial charge in [-0.2, -0.15) is 0 Å². The van der Waals surface area contributed by atoms with E-state index >= 15 is 0 Å². The summed E-state index contributed by atoms with van der Waals surface area (Å²) < 4.78 is 4.97. The molecular weight excluding hydrogens is 677 g/mol. The Morgan fingerprint density at radius 3 is 1.61 bits per heavy atom. The van der Waals surface area contributed by atoms with Gasteiger partial charge in [0.15, 0.2) is 0 Å². The molecule has 0 amide bonds. The molecule has 1 aliphatic carbocycles. The Kier molecular flexibility index (Phi) is 5.92. The van der Waals surface area contributed by atoms with Gasteiger partial charge in [0, 0.05) is 37.7 Å². The molecule has 0 saturated carbocycles. The van der Waals surface area contributed by atoms with Gasteiger partial charge >= 0.3 is 0 Å². The number of para-hydroxylation sites is 1. The van der Waals surface area contributed by atoms with Crippen molar-refractivity contribution in [1.29, 1.82) is 0 Å². The van der Waals surface area contributed by atoms with E-state index in [0.29, 0.717) is 0 Å². The Balaban J connectivity index is 1.04. The second-order valence-electron chi connectivity index (χ2n) is 15.2. The fourth-order valence-electron chi connectivity index (χ4n) is 10.0. The van der Waals surface area contributed by atoms with Gasteiger partial charge in [-0.25, -0.2) is 0 Å². The molecule has 258 valence electrons. The second kappa shape index (κ2) is 11.1. The van der Waals surface area contributed by atoms with E-state index in [0.717, 1.165) is 0 Å². The van der Waals surface area contributed by atoms with Gasteiger partial charge in [0.05, 0.1) is 33.4 Å². The number of aromatic nitrogens is 2. The summed E-state index contributed by atoms with van der Waals surface area (Å²) in [4.78, 5) is 0. The van der Waals surface area contributed by atoms with E-state index in [2.05, 4.69) is 203 Å². The lowest BCUT2D eigenvalue weighted by molar-refractivity contribution is 1.20. The first-order valence-electron chi connectivity index (χ1n) is 19.4. The lowest BCUT2D eigenvalue weighted by Crippen LogP contribution is -1.96. The minimum absolute atomic E-state index is 1.20. The van der Waals surface area contributed by atoms with E-state index in [1.165, 1.54) is 121 Å². The summed E-state index contributed by atoms with van der Waals surface area (Å²) in [5.41, 5.74) is 15.0. The highest BCUT2D eigenvalue weighted by Gasteiger charge is 2.24. The fourth-order valence-corrected chi connectivity index (χ4v) is 10.0. The highest BCUT2D eigenvalue weighted by molar-refractivity contribution is 6.21. The van der Waals surface area contributed by atoms with Crippen molar-refractivity contribution in [2.24, 2.45) is 0 Å². The van der Waals surface area contributed by atoms with Crippen LogP contribution < -0.4 is 0 Å². The molecule has 1 aliphatic rings. The van der Waals surface area contributed by atoms with Crippen molar-refractivity contribution >= 4 is 75.9 Å². The molecule has 0 saturated heterocycles. The summed E-state index contributed by atoms with van der Waals surface area (Å²) >= 11 is 0. The molecule has 0 unspecified atom stereocenters. The average molecular weight is 709 g/mol. The first-order chi connectivity index (χ1) is 27.8. The van der Waals surface area contributed by atoms with E-state index < -0.39 is 0 Å². The first kappa shape index (κ1) is 30.0. The monoisotopic (exact) mass is 708 g/mol. The molecule has 56 heavy (non-hydrogen) atoms. The first-order valence-corrected chi connectivity index (χ1v) is 19.4. The van der Waals surface area contributed by atoms with Crippen molar-refractivity contribution in [2.45, 2.75) is 0 Å². The lowest BCUT2D eigenvalue weighted by atomic mass is 10.00. The summed E-state index contributed by atoms with van der Waals surface area (Å²) in [6, 6.07) is 72.0. The van der Waals surface area contributed by atoms with Crippen molar-refractivity contribution in [3.8, 4) is 44.8 Å². The maximum absolute atomic E-state index is 2.49. The molecule has 0 radical (unpaired) electrons. The summed E-state index contributed by atoms with van der Waals surface area (Å²) in [6.07, 6.45) is 0. The van der Waals surface area contributed by atoms with E-state index in [9.17, 15) is 0 Å². The van der Waals surface area contributed by atoms with Gasteiger partial charge in [-0.05, 0) is 92.0 Å². The van der Waals surface area contributed by atoms with Crippen molar-refractivity contribution in [1.82, 2.24) is 9.13 Å². The van der Waals surface area contributed by atoms with E-state index in [4.69, 9.17) is 0 Å². The van der Waals surface area contributed by atoms with E-state index in [-0.39, 0.29) is 0 Å². The molecule has 2 aromatic heterocycles. The summed E-state index contributed by atoms with van der Waals surface area (Å²) in [5.74, 6) is 0. The standard InChI is InChI=1S/C54H32N2/c1-3-14-37-33(11-1)13-9-22-48(37)56-52-29-25-36(32-47(52)44-26-23-34-12-2-4-15-38(34)54(44)56)35-24-28-51-46(31-35)41-18-7-8-21-49(41)55(51)50-30-27-43-40-17-6-5-16-39(40)42-19-10-20-45(50)53(42)43/h1-32H. The molecule has 0 atom stereocenters. The minimum Gasteiger partial charge on any atom is -0.309 e. The van der Waals surface area contributed by atoms with Crippen LogP contribution in [-0.4, -0.2) is 9.13 Å². The van der Waals surface area contributed by atoms with Gasteiger partial charge in [0.1, 0.15) is 0 Å². The normalized spacial score (nSPS) is 12.3. The molecule has 2 heterocycles. The predicted octanol–water partition coefficient (Wildman–Crippen LogP) is 14.7. The number of benzene rings is 10. The zero-order valence-electron chi connectivity index (χ0n) is 30.4. The molecule has 0 aliphatic heterocycles. The van der Waals surface area contributed by atoms with E-state index in [1.54, 1.807) is 0 Å². The fraction of sp³-hybridized carbons (Fsp3) is 0. The van der Waals surface area contributed by atoms with Crippen LogP contribution in [0.3, 0.4) is 0 Å². The molecule has 0 spiro atoms. The van der Waals surface area contributed by atoms with Gasteiger partial charge in [-0.1, -0.05) is 152 Å². The third kappa shape index (κ3) is 3.95. The van der Waals surface area contributed by atoms with Crippen LogP contribution in [0.15, 0.2) is 194 Å². The zero-order valence-corrected chi connectivity index (χ0v) is 30.4. The second-order valence-corrected chi connectivity index (χ2v) is 15.2. The van der Waals surface area contributed by atoms with Crippen molar-refractivity contribution in [3.05, 3.63) is 194 Å². The molecule has 0 fully saturated rings. The van der Waals surface area contributed by atoms with Crippen molar-refractivity contribution in [3.63, 3.8) is 0 Å². The van der Waals surface area contributed by atoms with Crippen LogP contribution in [0.5, 0.6) is 0 Å². The molecular formula is C54H32N2. The quantitative estimate of drug-likeness (QED) is 0.173. The molecule has 2 heteroatoms. The maximum atomic E-state index is 2.49. The van der Waals surface area contributed by atoms with Gasteiger partial charge < -0.3 is 9.13 Å². The van der Waals surface area contributed by atoms with Crippen molar-refractivity contribution < 1.29 is 0 Å². The molecule has 10 aromatic carbocycles. The number of hydrogen-bond donors (Lipinski definition) is 0. The van der Waals surface area contributed by atoms with Gasteiger partial charge in [0.2, 0.25) is 0 Å². The number of fused-ring (bicyclic) bond motifs is 12. The lowest BCUT2D eigenvalue weighted by Gasteiger charge is -2.14. The molecule has 13 rings (SSSR count). The third-order valence-corrected chi connectivity index (χ3v) is 12.4. The van der Waals surface area contributed by atoms with Crippen LogP contribution in [0.2, 0.25) is 0 Å². The summed E-state index contributed by atoms with van der Waals surface area (Å²) in [6.45, 7) is 0. The van der Waals surface area contributed by atoms with Crippen LogP contribution in [0.4, 0.5) is 0 Å². The molecule has 0 bridgehead atoms. The van der Waals surface area contributed by atoms with Gasteiger partial charge in [-0.15, -0.1) is 0 Å². The summed E-state index contributed by atoms with van der Waals surface area (Å²) in [5, 5.41) is 12.7. The van der Waals surface area contributed by atoms with Crippen LogP contribution >= 0.6 is 0 Å². The van der Waals surface area contributed by atoms with Crippen LogP contribution in [0.25, 0.3) is 121 Å². The van der Waals surface area contributed by atoms with Crippen LogP contribution in [-0.2, 0) is 0 Å². The van der Waals surface area contributed by atoms with Crippen LogP contribution in [0.1, 0.15) is 0 Å². The molecule has 12 aromatic rings. The highest BCUT2D eigenvalue weighted by atomic mass is 15.0.